The first-order chi connectivity index (χ1) is 10.1. The average molecular weight is 322 g/mol. The van der Waals surface area contributed by atoms with E-state index >= 15 is 0 Å². The fraction of sp³-hybridized carbons (Fsp3) is 0. The fourth-order valence-electron chi connectivity index (χ4n) is 1.76. The molecule has 6 nitrogen and oxygen atoms in total. The van der Waals surface area contributed by atoms with Crippen LogP contribution in [-0.4, -0.2) is 25.9 Å². The van der Waals surface area contributed by atoms with Gasteiger partial charge in [0.05, 0.1) is 28.1 Å². The van der Waals surface area contributed by atoms with Crippen LogP contribution in [0.4, 0.5) is 5.69 Å². The summed E-state index contributed by atoms with van der Waals surface area (Å²) in [6.07, 6.45) is 4.62. The zero-order chi connectivity index (χ0) is 14.8. The van der Waals surface area contributed by atoms with E-state index in [2.05, 4.69) is 20.6 Å². The molecule has 0 fully saturated rings. The molecular formula is C13H9Cl2N5O. The molecule has 0 aliphatic rings. The predicted molar refractivity (Wildman–Crippen MR) is 80.1 cm³/mol. The van der Waals surface area contributed by atoms with Crippen LogP contribution in [0.5, 0.6) is 0 Å². The molecule has 2 N–H and O–H groups in total. The van der Waals surface area contributed by atoms with E-state index in [4.69, 9.17) is 23.2 Å². The Hall–Kier alpha value is -2.31. The summed E-state index contributed by atoms with van der Waals surface area (Å²) in [6.45, 7) is 0. The van der Waals surface area contributed by atoms with Crippen LogP contribution >= 0.6 is 23.2 Å². The number of H-pyrrole nitrogens is 1. The summed E-state index contributed by atoms with van der Waals surface area (Å²) in [5.74, 6) is -0.354. The topological polar surface area (TPSA) is 75.6 Å². The van der Waals surface area contributed by atoms with Gasteiger partial charge in [-0.3, -0.25) is 9.89 Å². The third kappa shape index (κ3) is 2.91. The second kappa shape index (κ2) is 5.59. The molecule has 0 unspecified atom stereocenters. The Kier molecular flexibility index (Phi) is 3.64. The van der Waals surface area contributed by atoms with Gasteiger partial charge in [-0.15, -0.1) is 0 Å². The maximum Gasteiger partial charge on any atom is 0.275 e. The van der Waals surface area contributed by atoms with Crippen molar-refractivity contribution in [3.05, 3.63) is 58.6 Å². The number of amides is 1. The Balaban J connectivity index is 1.76. The van der Waals surface area contributed by atoms with E-state index in [0.29, 0.717) is 10.7 Å². The van der Waals surface area contributed by atoms with Gasteiger partial charge < -0.3 is 5.32 Å². The van der Waals surface area contributed by atoms with Crippen LogP contribution in [0.3, 0.4) is 0 Å². The number of halogens is 2. The highest BCUT2D eigenvalue weighted by molar-refractivity contribution is 6.34. The third-order valence-corrected chi connectivity index (χ3v) is 3.24. The van der Waals surface area contributed by atoms with Crippen molar-refractivity contribution in [2.75, 3.05) is 5.32 Å². The summed E-state index contributed by atoms with van der Waals surface area (Å²) in [5.41, 5.74) is 1.69. The Morgan fingerprint density at radius 3 is 2.52 bits per heavy atom. The molecule has 0 atom stereocenters. The van der Waals surface area contributed by atoms with Crippen molar-refractivity contribution < 1.29 is 4.79 Å². The van der Waals surface area contributed by atoms with Gasteiger partial charge in [-0.2, -0.15) is 10.2 Å². The third-order valence-electron chi connectivity index (χ3n) is 2.76. The Morgan fingerprint density at radius 1 is 1.19 bits per heavy atom. The van der Waals surface area contributed by atoms with Crippen LogP contribution in [0.25, 0.3) is 5.69 Å². The van der Waals surface area contributed by atoms with Crippen LogP contribution in [-0.2, 0) is 0 Å². The summed E-state index contributed by atoms with van der Waals surface area (Å²) in [7, 11) is 0. The lowest BCUT2D eigenvalue weighted by Crippen LogP contribution is -2.13. The number of carbonyl (C=O) groups is 1. The Labute approximate surface area is 129 Å². The highest BCUT2D eigenvalue weighted by Gasteiger charge is 2.12. The minimum Gasteiger partial charge on any atom is -0.321 e. The first-order valence-corrected chi connectivity index (χ1v) is 6.70. The van der Waals surface area contributed by atoms with Crippen LogP contribution in [0, 0.1) is 0 Å². The summed E-state index contributed by atoms with van der Waals surface area (Å²) in [5, 5.41) is 13.9. The number of hydrogen-bond donors (Lipinski definition) is 2. The normalized spacial score (nSPS) is 10.6. The van der Waals surface area contributed by atoms with Crippen molar-refractivity contribution >= 4 is 34.8 Å². The van der Waals surface area contributed by atoms with E-state index < -0.39 is 0 Å². The molecule has 0 aliphatic heterocycles. The summed E-state index contributed by atoms with van der Waals surface area (Å²) >= 11 is 11.6. The number of aromatic nitrogens is 4. The number of rotatable bonds is 3. The smallest absolute Gasteiger partial charge is 0.275 e. The van der Waals surface area contributed by atoms with Crippen LogP contribution in [0.2, 0.25) is 10.0 Å². The zero-order valence-electron chi connectivity index (χ0n) is 10.5. The number of hydrogen-bond acceptors (Lipinski definition) is 3. The van der Waals surface area contributed by atoms with Crippen LogP contribution in [0.15, 0.2) is 42.9 Å². The molecule has 1 amide bonds. The number of nitrogens with zero attached hydrogens (tertiary/aromatic N) is 3. The molecule has 3 rings (SSSR count). The number of aromatic amines is 1. The van der Waals surface area contributed by atoms with Crippen molar-refractivity contribution in [1.82, 2.24) is 20.0 Å². The number of anilines is 1. The largest absolute Gasteiger partial charge is 0.321 e. The molecule has 0 saturated carbocycles. The minimum atomic E-state index is -0.354. The fourth-order valence-corrected chi connectivity index (χ4v) is 2.08. The molecule has 3 aromatic rings. The highest BCUT2D eigenvalue weighted by Crippen LogP contribution is 2.17. The molecule has 106 valence electrons. The molecule has 2 heterocycles. The molecule has 0 aliphatic carbocycles. The Morgan fingerprint density at radius 2 is 1.95 bits per heavy atom. The van der Waals surface area contributed by atoms with Gasteiger partial charge in [0.1, 0.15) is 5.69 Å². The lowest BCUT2D eigenvalue weighted by molar-refractivity contribution is 0.102. The monoisotopic (exact) mass is 321 g/mol. The molecular weight excluding hydrogens is 313 g/mol. The highest BCUT2D eigenvalue weighted by atomic mass is 35.5. The zero-order valence-corrected chi connectivity index (χ0v) is 12.1. The van der Waals surface area contributed by atoms with E-state index in [1.54, 1.807) is 29.2 Å². The SMILES string of the molecule is O=C(Nc1ccc(-n2cc(Cl)cn2)cc1)c1[nH]ncc1Cl. The first-order valence-electron chi connectivity index (χ1n) is 5.94. The quantitative estimate of drug-likeness (QED) is 0.778. The molecule has 0 saturated heterocycles. The second-order valence-electron chi connectivity index (χ2n) is 4.20. The standard InChI is InChI=1S/C13H9Cl2N5O/c14-8-5-17-20(7-8)10-3-1-9(2-4-10)18-13(21)12-11(15)6-16-19-12/h1-7H,(H,16,19)(H,18,21). The maximum absolute atomic E-state index is 12.0. The predicted octanol–water partition coefficient (Wildman–Crippen LogP) is 3.15. The molecule has 2 aromatic heterocycles. The van der Waals surface area contributed by atoms with E-state index in [-0.39, 0.29) is 16.6 Å². The van der Waals surface area contributed by atoms with Gasteiger partial charge in [-0.05, 0) is 24.3 Å². The van der Waals surface area contributed by atoms with Gasteiger partial charge in [-0.1, -0.05) is 23.2 Å². The lowest BCUT2D eigenvalue weighted by atomic mass is 10.2. The molecule has 8 heteroatoms. The van der Waals surface area contributed by atoms with Gasteiger partial charge in [-0.25, -0.2) is 4.68 Å². The van der Waals surface area contributed by atoms with E-state index in [9.17, 15) is 4.79 Å². The van der Waals surface area contributed by atoms with E-state index in [0.717, 1.165) is 5.69 Å². The van der Waals surface area contributed by atoms with Gasteiger partial charge >= 0.3 is 0 Å². The summed E-state index contributed by atoms with van der Waals surface area (Å²) < 4.78 is 1.64. The molecule has 21 heavy (non-hydrogen) atoms. The van der Waals surface area contributed by atoms with E-state index in [1.165, 1.54) is 6.20 Å². The van der Waals surface area contributed by atoms with Gasteiger partial charge in [0.15, 0.2) is 0 Å². The average Bonchev–Trinajstić information content (AvgIpc) is 3.08. The molecule has 0 radical (unpaired) electrons. The molecule has 0 bridgehead atoms. The summed E-state index contributed by atoms with van der Waals surface area (Å²) in [6, 6.07) is 7.14. The Bertz CT molecular complexity index is 778. The molecule has 1 aromatic carbocycles. The van der Waals surface area contributed by atoms with Crippen molar-refractivity contribution in [2.24, 2.45) is 0 Å². The molecule has 0 spiro atoms. The number of benzene rings is 1. The van der Waals surface area contributed by atoms with Crippen LogP contribution in [0.1, 0.15) is 10.5 Å². The number of carbonyl (C=O) groups excluding carboxylic acids is 1. The van der Waals surface area contributed by atoms with Gasteiger partial charge in [0, 0.05) is 11.9 Å². The first kappa shape index (κ1) is 13.7. The second-order valence-corrected chi connectivity index (χ2v) is 5.04. The van der Waals surface area contributed by atoms with Gasteiger partial charge in [0.2, 0.25) is 0 Å². The van der Waals surface area contributed by atoms with Gasteiger partial charge in [0.25, 0.3) is 5.91 Å². The maximum atomic E-state index is 12.0. The van der Waals surface area contributed by atoms with Crippen LogP contribution < -0.4 is 5.32 Å². The van der Waals surface area contributed by atoms with Crippen molar-refractivity contribution in [2.45, 2.75) is 0 Å². The number of nitrogens with one attached hydrogen (secondary N) is 2. The minimum absolute atomic E-state index is 0.222. The van der Waals surface area contributed by atoms with E-state index in [1.807, 2.05) is 12.1 Å². The lowest BCUT2D eigenvalue weighted by Gasteiger charge is -2.06. The van der Waals surface area contributed by atoms with Crippen molar-refractivity contribution in [3.63, 3.8) is 0 Å². The summed E-state index contributed by atoms with van der Waals surface area (Å²) in [4.78, 5) is 12.0. The van der Waals surface area contributed by atoms with Crippen molar-refractivity contribution in [3.8, 4) is 5.69 Å². The van der Waals surface area contributed by atoms with Crippen molar-refractivity contribution in [1.29, 1.82) is 0 Å².